The highest BCUT2D eigenvalue weighted by molar-refractivity contribution is 7.89. The van der Waals surface area contributed by atoms with E-state index >= 15 is 0 Å². The van der Waals surface area contributed by atoms with Crippen LogP contribution in [0, 0.1) is 0 Å². The third-order valence-electron chi connectivity index (χ3n) is 4.04. The Bertz CT molecular complexity index is 628. The summed E-state index contributed by atoms with van der Waals surface area (Å²) >= 11 is 0. The molecule has 0 radical (unpaired) electrons. The lowest BCUT2D eigenvalue weighted by Gasteiger charge is -2.18. The highest BCUT2D eigenvalue weighted by Crippen LogP contribution is 2.23. The minimum atomic E-state index is -3.59. The van der Waals surface area contributed by atoms with Crippen LogP contribution in [-0.2, 0) is 14.8 Å². The smallest absolute Gasteiger partial charge is 0.240 e. The molecule has 7 heteroatoms. The molecule has 3 N–H and O–H groups in total. The van der Waals surface area contributed by atoms with Gasteiger partial charge in [0.1, 0.15) is 0 Å². The maximum Gasteiger partial charge on any atom is 0.240 e. The molecule has 0 bridgehead atoms. The summed E-state index contributed by atoms with van der Waals surface area (Å²) < 4.78 is 27.5. The number of carbonyl (C=O) groups is 1. The molecule has 0 aliphatic carbocycles. The molecule has 1 atom stereocenters. The Morgan fingerprint density at radius 2 is 2.00 bits per heavy atom. The van der Waals surface area contributed by atoms with Crippen LogP contribution in [-0.4, -0.2) is 33.5 Å². The zero-order valence-electron chi connectivity index (χ0n) is 13.5. The van der Waals surface area contributed by atoms with Crippen molar-refractivity contribution in [2.24, 2.45) is 5.73 Å². The molecule has 1 aliphatic rings. The van der Waals surface area contributed by atoms with Crippen molar-refractivity contribution in [2.75, 3.05) is 18.0 Å². The van der Waals surface area contributed by atoms with Crippen molar-refractivity contribution in [3.8, 4) is 0 Å². The molecule has 1 aliphatic heterocycles. The van der Waals surface area contributed by atoms with Crippen LogP contribution in [0.15, 0.2) is 29.2 Å². The maximum atomic E-state index is 12.4. The molecule has 1 fully saturated rings. The number of amides is 1. The van der Waals surface area contributed by atoms with Crippen molar-refractivity contribution in [3.63, 3.8) is 0 Å². The molecule has 0 aromatic heterocycles. The van der Waals surface area contributed by atoms with Crippen LogP contribution in [0.2, 0.25) is 0 Å². The molecular weight excluding hydrogens is 314 g/mol. The summed E-state index contributed by atoms with van der Waals surface area (Å²) in [5, 5.41) is 0. The number of sulfonamides is 1. The first-order valence-electron chi connectivity index (χ1n) is 8.10. The predicted molar refractivity (Wildman–Crippen MR) is 90.7 cm³/mol. The number of carbonyl (C=O) groups excluding carboxylic acids is 1. The van der Waals surface area contributed by atoms with E-state index in [0.717, 1.165) is 31.4 Å². The van der Waals surface area contributed by atoms with Gasteiger partial charge in [0.05, 0.1) is 4.90 Å². The van der Waals surface area contributed by atoms with Crippen LogP contribution >= 0.6 is 0 Å². The van der Waals surface area contributed by atoms with Crippen LogP contribution in [0.25, 0.3) is 0 Å². The Kier molecular flexibility index (Phi) is 6.15. The molecule has 2 rings (SSSR count). The minimum Gasteiger partial charge on any atom is -0.329 e. The van der Waals surface area contributed by atoms with Crippen molar-refractivity contribution in [3.05, 3.63) is 24.3 Å². The second-order valence-electron chi connectivity index (χ2n) is 5.84. The fourth-order valence-electron chi connectivity index (χ4n) is 2.69. The van der Waals surface area contributed by atoms with Gasteiger partial charge in [-0.05, 0) is 37.1 Å². The summed E-state index contributed by atoms with van der Waals surface area (Å²) in [6.07, 6.45) is 4.05. The zero-order chi connectivity index (χ0) is 16.9. The van der Waals surface area contributed by atoms with Crippen molar-refractivity contribution in [1.82, 2.24) is 4.72 Å². The summed E-state index contributed by atoms with van der Waals surface area (Å²) in [5.41, 5.74) is 6.39. The number of rotatable bonds is 8. The highest BCUT2D eigenvalue weighted by atomic mass is 32.2. The van der Waals surface area contributed by atoms with Crippen molar-refractivity contribution < 1.29 is 13.2 Å². The van der Waals surface area contributed by atoms with E-state index in [1.165, 1.54) is 12.1 Å². The Balaban J connectivity index is 2.09. The van der Waals surface area contributed by atoms with E-state index in [2.05, 4.69) is 11.6 Å². The number of nitrogens with two attached hydrogens (primary N) is 1. The van der Waals surface area contributed by atoms with E-state index in [9.17, 15) is 13.2 Å². The molecule has 23 heavy (non-hydrogen) atoms. The summed E-state index contributed by atoms with van der Waals surface area (Å²) in [7, 11) is -3.59. The highest BCUT2D eigenvalue weighted by Gasteiger charge is 2.23. The average Bonchev–Trinajstić information content (AvgIpc) is 2.97. The van der Waals surface area contributed by atoms with E-state index in [1.807, 2.05) is 0 Å². The van der Waals surface area contributed by atoms with E-state index in [4.69, 9.17) is 5.73 Å². The van der Waals surface area contributed by atoms with Gasteiger partial charge in [-0.3, -0.25) is 4.79 Å². The second kappa shape index (κ2) is 7.90. The molecule has 128 valence electrons. The largest absolute Gasteiger partial charge is 0.329 e. The van der Waals surface area contributed by atoms with Gasteiger partial charge < -0.3 is 10.6 Å². The minimum absolute atomic E-state index is 0.0847. The molecule has 0 spiro atoms. The second-order valence-corrected chi connectivity index (χ2v) is 7.55. The van der Waals surface area contributed by atoms with E-state index in [1.54, 1.807) is 17.0 Å². The number of anilines is 1. The Morgan fingerprint density at radius 1 is 1.30 bits per heavy atom. The lowest BCUT2D eigenvalue weighted by molar-refractivity contribution is -0.117. The third-order valence-corrected chi connectivity index (χ3v) is 5.58. The fourth-order valence-corrected chi connectivity index (χ4v) is 3.97. The SMILES string of the molecule is CCCCC(CN)NS(=O)(=O)c1ccc(N2CCCC2=O)cc1. The monoisotopic (exact) mass is 339 g/mol. The Labute approximate surface area is 138 Å². The molecule has 1 aromatic carbocycles. The van der Waals surface area contributed by atoms with Gasteiger partial charge in [-0.15, -0.1) is 0 Å². The molecule has 1 unspecified atom stereocenters. The zero-order valence-corrected chi connectivity index (χ0v) is 14.3. The van der Waals surface area contributed by atoms with Gasteiger partial charge in [0, 0.05) is 31.2 Å². The molecule has 0 saturated carbocycles. The number of nitrogens with one attached hydrogen (secondary N) is 1. The van der Waals surface area contributed by atoms with Crippen molar-refractivity contribution in [2.45, 2.75) is 50.0 Å². The first kappa shape index (κ1) is 17.9. The molecule has 1 saturated heterocycles. The molecule has 1 heterocycles. The predicted octanol–water partition coefficient (Wildman–Crippen LogP) is 1.61. The number of hydrogen-bond donors (Lipinski definition) is 2. The summed E-state index contributed by atoms with van der Waals surface area (Å²) in [6, 6.07) is 6.19. The number of hydrogen-bond acceptors (Lipinski definition) is 4. The normalized spacial score (nSPS) is 16.8. The molecule has 1 aromatic rings. The lowest BCUT2D eigenvalue weighted by Crippen LogP contribution is -2.40. The third kappa shape index (κ3) is 4.53. The van der Waals surface area contributed by atoms with E-state index < -0.39 is 10.0 Å². The van der Waals surface area contributed by atoms with Crippen LogP contribution in [0.1, 0.15) is 39.0 Å². The standard InChI is InChI=1S/C16H25N3O3S/c1-2-3-5-13(12-17)18-23(21,22)15-9-7-14(8-10-15)19-11-4-6-16(19)20/h7-10,13,18H,2-6,11-12,17H2,1H3. The first-order chi connectivity index (χ1) is 11.0. The molecule has 6 nitrogen and oxygen atoms in total. The van der Waals surface area contributed by atoms with Gasteiger partial charge >= 0.3 is 0 Å². The first-order valence-corrected chi connectivity index (χ1v) is 9.59. The number of benzene rings is 1. The van der Waals surface area contributed by atoms with E-state index in [0.29, 0.717) is 13.0 Å². The Morgan fingerprint density at radius 3 is 2.52 bits per heavy atom. The summed E-state index contributed by atoms with van der Waals surface area (Å²) in [6.45, 7) is 3.02. The quantitative estimate of drug-likeness (QED) is 0.752. The van der Waals surface area contributed by atoms with Crippen molar-refractivity contribution in [1.29, 1.82) is 0 Å². The number of unbranched alkanes of at least 4 members (excludes halogenated alkanes) is 1. The maximum absolute atomic E-state index is 12.4. The van der Waals surface area contributed by atoms with Gasteiger partial charge in [0.2, 0.25) is 15.9 Å². The van der Waals surface area contributed by atoms with E-state index in [-0.39, 0.29) is 23.4 Å². The van der Waals surface area contributed by atoms with Gasteiger partial charge in [-0.25, -0.2) is 13.1 Å². The summed E-state index contributed by atoms with van der Waals surface area (Å²) in [5.74, 6) is 0.0847. The van der Waals surface area contributed by atoms with Crippen LogP contribution in [0.4, 0.5) is 5.69 Å². The molecular formula is C16H25N3O3S. The van der Waals surface area contributed by atoms with Gasteiger partial charge in [0.25, 0.3) is 0 Å². The van der Waals surface area contributed by atoms with Crippen LogP contribution in [0.5, 0.6) is 0 Å². The van der Waals surface area contributed by atoms with Gasteiger partial charge in [0.15, 0.2) is 0 Å². The summed E-state index contributed by atoms with van der Waals surface area (Å²) in [4.78, 5) is 13.6. The van der Waals surface area contributed by atoms with Crippen LogP contribution in [0.3, 0.4) is 0 Å². The number of nitrogens with zero attached hydrogens (tertiary/aromatic N) is 1. The molecule has 1 amide bonds. The Hall–Kier alpha value is -1.44. The van der Waals surface area contributed by atoms with Gasteiger partial charge in [-0.1, -0.05) is 19.8 Å². The van der Waals surface area contributed by atoms with Gasteiger partial charge in [-0.2, -0.15) is 0 Å². The lowest BCUT2D eigenvalue weighted by atomic mass is 10.1. The van der Waals surface area contributed by atoms with Crippen molar-refractivity contribution >= 4 is 21.6 Å². The van der Waals surface area contributed by atoms with Crippen LogP contribution < -0.4 is 15.4 Å². The fraction of sp³-hybridized carbons (Fsp3) is 0.562. The topological polar surface area (TPSA) is 92.5 Å². The average molecular weight is 339 g/mol.